The van der Waals surface area contributed by atoms with Crippen LogP contribution >= 0.6 is 11.6 Å². The number of halogens is 1. The van der Waals surface area contributed by atoms with Crippen molar-refractivity contribution in [3.05, 3.63) is 76.6 Å². The van der Waals surface area contributed by atoms with Crippen LogP contribution in [-0.4, -0.2) is 28.1 Å². The maximum atomic E-state index is 12.3. The van der Waals surface area contributed by atoms with E-state index in [0.717, 1.165) is 32.9 Å². The molecule has 0 radical (unpaired) electrons. The number of aryl methyl sites for hydroxylation is 1. The van der Waals surface area contributed by atoms with Crippen molar-refractivity contribution in [2.24, 2.45) is 10.8 Å². The van der Waals surface area contributed by atoms with Gasteiger partial charge in [-0.15, -0.1) is 0 Å². The molecule has 0 unspecified atom stereocenters. The van der Waals surface area contributed by atoms with Gasteiger partial charge < -0.3 is 10.7 Å². The Kier molecular flexibility index (Phi) is 5.29. The summed E-state index contributed by atoms with van der Waals surface area (Å²) >= 11 is 6.24. The summed E-state index contributed by atoms with van der Waals surface area (Å²) in [6, 6.07) is 15.0. The zero-order chi connectivity index (χ0) is 20.4. The van der Waals surface area contributed by atoms with Gasteiger partial charge in [0.2, 0.25) is 0 Å². The molecule has 1 amide bonds. The number of nitrogens with one attached hydrogen (secondary N) is 2. The highest BCUT2D eigenvalue weighted by Gasteiger charge is 2.15. The van der Waals surface area contributed by atoms with E-state index in [1.165, 1.54) is 6.21 Å². The number of nitrogens with zero attached hydrogens (tertiary/aromatic N) is 2. The van der Waals surface area contributed by atoms with Gasteiger partial charge in [-0.2, -0.15) is 5.10 Å². The first kappa shape index (κ1) is 19.1. The molecule has 4 rings (SSSR count). The van der Waals surface area contributed by atoms with Crippen LogP contribution in [0.15, 0.2) is 59.8 Å². The van der Waals surface area contributed by atoms with Crippen LogP contribution in [0.5, 0.6) is 0 Å². The highest BCUT2D eigenvalue weighted by molar-refractivity contribution is 6.32. The first-order valence-electron chi connectivity index (χ1n) is 9.21. The molecule has 2 aromatic carbocycles. The predicted octanol–water partition coefficient (Wildman–Crippen LogP) is 3.70. The fourth-order valence-electron chi connectivity index (χ4n) is 3.24. The van der Waals surface area contributed by atoms with Crippen molar-refractivity contribution in [3.63, 3.8) is 0 Å². The molecule has 0 spiro atoms. The number of carbonyl (C=O) groups excluding carboxylic acids is 1. The van der Waals surface area contributed by atoms with Gasteiger partial charge >= 0.3 is 0 Å². The smallest absolute Gasteiger partial charge is 0.257 e. The van der Waals surface area contributed by atoms with E-state index in [0.29, 0.717) is 17.1 Å². The number of pyridine rings is 1. The highest BCUT2D eigenvalue weighted by Crippen LogP contribution is 2.21. The lowest BCUT2D eigenvalue weighted by atomic mass is 10.1. The molecule has 6 nitrogen and oxygen atoms in total. The van der Waals surface area contributed by atoms with E-state index in [1.807, 2.05) is 61.7 Å². The number of aromatic nitrogens is 2. The minimum atomic E-state index is -0.723. The van der Waals surface area contributed by atoms with Gasteiger partial charge in [-0.25, -0.2) is 10.4 Å². The maximum absolute atomic E-state index is 12.3. The molecular formula is C22H20ClN5O. The monoisotopic (exact) mass is 405 g/mol. The molecule has 1 atom stereocenters. The number of benzene rings is 2. The number of aromatic amines is 1. The standard InChI is InChI=1S/C22H20ClN5O/c1-13-6-7-14-9-16(21(23)27-20(14)8-13)12-26-28-22(29)18(24)10-15-11-25-19-5-3-2-4-17(15)19/h2-9,11-12,18,25H,10,24H2,1H3,(H,28,29)/b26-12+/t18-/m0/s1. The van der Waals surface area contributed by atoms with Crippen molar-refractivity contribution in [1.29, 1.82) is 0 Å². The third-order valence-electron chi connectivity index (χ3n) is 4.78. The summed E-state index contributed by atoms with van der Waals surface area (Å²) in [5.41, 5.74) is 13.1. The molecule has 0 saturated heterocycles. The van der Waals surface area contributed by atoms with Crippen LogP contribution in [0.25, 0.3) is 21.8 Å². The van der Waals surface area contributed by atoms with Gasteiger partial charge in [-0.3, -0.25) is 4.79 Å². The van der Waals surface area contributed by atoms with Crippen molar-refractivity contribution >= 4 is 45.5 Å². The van der Waals surface area contributed by atoms with Gasteiger partial charge in [0.05, 0.1) is 17.8 Å². The summed E-state index contributed by atoms with van der Waals surface area (Å²) in [6.07, 6.45) is 3.76. The fourth-order valence-corrected chi connectivity index (χ4v) is 3.43. The predicted molar refractivity (Wildman–Crippen MR) is 117 cm³/mol. The molecule has 29 heavy (non-hydrogen) atoms. The lowest BCUT2D eigenvalue weighted by Crippen LogP contribution is -2.39. The molecule has 0 aliphatic heterocycles. The van der Waals surface area contributed by atoms with Gasteiger partial charge in [0.15, 0.2) is 0 Å². The van der Waals surface area contributed by atoms with E-state index in [-0.39, 0.29) is 5.91 Å². The molecule has 4 aromatic rings. The molecule has 0 fully saturated rings. The molecule has 2 heterocycles. The van der Waals surface area contributed by atoms with Gasteiger partial charge in [0.25, 0.3) is 5.91 Å². The Bertz CT molecular complexity index is 1230. The molecule has 146 valence electrons. The Labute approximate surface area is 172 Å². The van der Waals surface area contributed by atoms with Crippen LogP contribution in [0.4, 0.5) is 0 Å². The van der Waals surface area contributed by atoms with Crippen LogP contribution in [0.3, 0.4) is 0 Å². The van der Waals surface area contributed by atoms with Crippen molar-refractivity contribution in [3.8, 4) is 0 Å². The van der Waals surface area contributed by atoms with Crippen LogP contribution in [0.2, 0.25) is 5.15 Å². The normalized spacial score (nSPS) is 12.7. The number of para-hydroxylation sites is 1. The van der Waals surface area contributed by atoms with Gasteiger partial charge in [0.1, 0.15) is 5.15 Å². The van der Waals surface area contributed by atoms with Crippen LogP contribution in [0.1, 0.15) is 16.7 Å². The van der Waals surface area contributed by atoms with E-state index in [4.69, 9.17) is 17.3 Å². The van der Waals surface area contributed by atoms with Gasteiger partial charge in [0, 0.05) is 28.0 Å². The summed E-state index contributed by atoms with van der Waals surface area (Å²) in [5.74, 6) is -0.368. The largest absolute Gasteiger partial charge is 0.361 e. The third-order valence-corrected chi connectivity index (χ3v) is 5.09. The van der Waals surface area contributed by atoms with E-state index >= 15 is 0 Å². The zero-order valence-electron chi connectivity index (χ0n) is 15.8. The fraction of sp³-hybridized carbons (Fsp3) is 0.136. The molecule has 0 aliphatic carbocycles. The highest BCUT2D eigenvalue weighted by atomic mass is 35.5. The molecule has 0 aliphatic rings. The second-order valence-corrected chi connectivity index (χ2v) is 7.33. The second kappa shape index (κ2) is 8.03. The topological polar surface area (TPSA) is 96.2 Å². The number of hydrogen-bond donors (Lipinski definition) is 3. The SMILES string of the molecule is Cc1ccc2cc(/C=N/NC(=O)[C@@H](N)Cc3c[nH]c4ccccc34)c(Cl)nc2c1. The van der Waals surface area contributed by atoms with E-state index in [9.17, 15) is 4.79 Å². The van der Waals surface area contributed by atoms with Crippen molar-refractivity contribution < 1.29 is 4.79 Å². The lowest BCUT2D eigenvalue weighted by molar-refractivity contribution is -0.122. The zero-order valence-corrected chi connectivity index (χ0v) is 16.6. The number of nitrogens with two attached hydrogens (primary N) is 1. The maximum Gasteiger partial charge on any atom is 0.257 e. The first-order chi connectivity index (χ1) is 14.0. The number of carbonyl (C=O) groups is 1. The number of hydrazone groups is 1. The lowest BCUT2D eigenvalue weighted by Gasteiger charge is -2.09. The van der Waals surface area contributed by atoms with E-state index < -0.39 is 6.04 Å². The van der Waals surface area contributed by atoms with Crippen LogP contribution < -0.4 is 11.2 Å². The molecule has 2 aromatic heterocycles. The summed E-state index contributed by atoms with van der Waals surface area (Å²) in [6.45, 7) is 2.00. The average molecular weight is 406 g/mol. The van der Waals surface area contributed by atoms with Crippen LogP contribution in [-0.2, 0) is 11.2 Å². The number of H-pyrrole nitrogens is 1. The Morgan fingerprint density at radius 1 is 1.31 bits per heavy atom. The number of fused-ring (bicyclic) bond motifs is 2. The van der Waals surface area contributed by atoms with Crippen molar-refractivity contribution in [1.82, 2.24) is 15.4 Å². The minimum absolute atomic E-state index is 0.323. The van der Waals surface area contributed by atoms with E-state index in [1.54, 1.807) is 0 Å². The Morgan fingerprint density at radius 3 is 3.00 bits per heavy atom. The summed E-state index contributed by atoms with van der Waals surface area (Å²) in [7, 11) is 0. The number of amides is 1. The third kappa shape index (κ3) is 4.13. The van der Waals surface area contributed by atoms with Crippen molar-refractivity contribution in [2.45, 2.75) is 19.4 Å². The molecular weight excluding hydrogens is 386 g/mol. The Hall–Kier alpha value is -3.22. The quantitative estimate of drug-likeness (QED) is 0.268. The van der Waals surface area contributed by atoms with Crippen molar-refractivity contribution in [2.75, 3.05) is 0 Å². The van der Waals surface area contributed by atoms with E-state index in [2.05, 4.69) is 20.5 Å². The number of hydrogen-bond acceptors (Lipinski definition) is 4. The van der Waals surface area contributed by atoms with Gasteiger partial charge in [-0.1, -0.05) is 41.9 Å². The summed E-state index contributed by atoms with van der Waals surface area (Å²) in [5, 5.41) is 6.33. The molecule has 0 bridgehead atoms. The van der Waals surface area contributed by atoms with Crippen LogP contribution in [0, 0.1) is 6.92 Å². The summed E-state index contributed by atoms with van der Waals surface area (Å²) < 4.78 is 0. The molecule has 7 heteroatoms. The average Bonchev–Trinajstić information content (AvgIpc) is 3.11. The molecule has 4 N–H and O–H groups in total. The summed E-state index contributed by atoms with van der Waals surface area (Å²) in [4.78, 5) is 19.9. The first-order valence-corrected chi connectivity index (χ1v) is 9.59. The Morgan fingerprint density at radius 2 is 2.14 bits per heavy atom. The number of rotatable bonds is 5. The second-order valence-electron chi connectivity index (χ2n) is 6.97. The molecule has 0 saturated carbocycles. The minimum Gasteiger partial charge on any atom is -0.361 e. The Balaban J connectivity index is 1.43. The van der Waals surface area contributed by atoms with Gasteiger partial charge in [-0.05, 0) is 42.7 Å².